The monoisotopic (exact) mass is 345 g/mol. The molecule has 1 atom stereocenters. The maximum atomic E-state index is 12.4. The molecule has 1 aliphatic rings. The zero-order chi connectivity index (χ0) is 17.9. The lowest BCUT2D eigenvalue weighted by Gasteiger charge is -2.22. The molecule has 1 aromatic carbocycles. The summed E-state index contributed by atoms with van der Waals surface area (Å²) in [7, 11) is 0. The highest BCUT2D eigenvalue weighted by Gasteiger charge is 2.36. The summed E-state index contributed by atoms with van der Waals surface area (Å²) in [5.41, 5.74) is 2.29. The number of carbonyl (C=O) groups is 1. The van der Waals surface area contributed by atoms with Crippen molar-refractivity contribution in [2.45, 2.75) is 25.4 Å². The molecule has 1 aliphatic heterocycles. The normalized spacial score (nSPS) is 16.7. The average molecular weight is 345 g/mol. The number of pyridine rings is 1. The fraction of sp³-hybridized carbons (Fsp3) is 0.211. The topological polar surface area (TPSA) is 95.9 Å². The molecular weight excluding hydrogens is 330 g/mol. The van der Waals surface area contributed by atoms with Crippen molar-refractivity contribution in [3.63, 3.8) is 0 Å². The third-order valence-electron chi connectivity index (χ3n) is 4.40. The minimum atomic E-state index is -0.253. The Hall–Kier alpha value is -3.53. The fourth-order valence-corrected chi connectivity index (χ4v) is 3.11. The Morgan fingerprint density at radius 2 is 2.12 bits per heavy atom. The van der Waals surface area contributed by atoms with Crippen LogP contribution in [0, 0.1) is 11.3 Å². The second kappa shape index (κ2) is 6.76. The molecule has 7 nitrogen and oxygen atoms in total. The SMILES string of the molecule is N#Cc1cccc(CN2C(=O)CC[C@@H]2c2nc(-c3ccncc3)no2)c1. The summed E-state index contributed by atoms with van der Waals surface area (Å²) in [5, 5.41) is 13.1. The molecule has 0 N–H and O–H groups in total. The molecule has 1 fully saturated rings. The number of rotatable bonds is 4. The average Bonchev–Trinajstić information content (AvgIpc) is 3.30. The first kappa shape index (κ1) is 16.0. The number of hydrogen-bond acceptors (Lipinski definition) is 6. The highest BCUT2D eigenvalue weighted by molar-refractivity contribution is 5.78. The Morgan fingerprint density at radius 3 is 2.92 bits per heavy atom. The van der Waals surface area contributed by atoms with Gasteiger partial charge in [-0.05, 0) is 36.2 Å². The van der Waals surface area contributed by atoms with Gasteiger partial charge in [0.25, 0.3) is 0 Å². The van der Waals surface area contributed by atoms with Gasteiger partial charge in [-0.25, -0.2) is 0 Å². The van der Waals surface area contributed by atoms with Gasteiger partial charge in [-0.3, -0.25) is 9.78 Å². The zero-order valence-corrected chi connectivity index (χ0v) is 13.9. The van der Waals surface area contributed by atoms with Crippen LogP contribution in [-0.4, -0.2) is 25.9 Å². The van der Waals surface area contributed by atoms with Crippen LogP contribution < -0.4 is 0 Å². The summed E-state index contributed by atoms with van der Waals surface area (Å²) in [5.74, 6) is 0.952. The molecule has 0 aliphatic carbocycles. The van der Waals surface area contributed by atoms with Gasteiger partial charge in [0.1, 0.15) is 6.04 Å². The maximum absolute atomic E-state index is 12.4. The lowest BCUT2D eigenvalue weighted by molar-refractivity contribution is -0.129. The molecular formula is C19H15N5O2. The molecule has 4 rings (SSSR count). The largest absolute Gasteiger partial charge is 0.337 e. The first-order valence-electron chi connectivity index (χ1n) is 8.27. The number of aromatic nitrogens is 3. The quantitative estimate of drug-likeness (QED) is 0.721. The summed E-state index contributed by atoms with van der Waals surface area (Å²) >= 11 is 0. The van der Waals surface area contributed by atoms with Crippen LogP contribution >= 0.6 is 0 Å². The summed E-state index contributed by atoms with van der Waals surface area (Å²) in [6, 6.07) is 12.7. The first-order valence-corrected chi connectivity index (χ1v) is 8.27. The number of benzene rings is 1. The molecule has 26 heavy (non-hydrogen) atoms. The van der Waals surface area contributed by atoms with E-state index in [1.165, 1.54) is 0 Å². The van der Waals surface area contributed by atoms with E-state index < -0.39 is 0 Å². The Kier molecular flexibility index (Phi) is 4.15. The van der Waals surface area contributed by atoms with E-state index in [1.54, 1.807) is 41.6 Å². The van der Waals surface area contributed by atoms with Gasteiger partial charge in [-0.15, -0.1) is 0 Å². The van der Waals surface area contributed by atoms with Gasteiger partial charge in [-0.1, -0.05) is 17.3 Å². The predicted molar refractivity (Wildman–Crippen MR) is 91.2 cm³/mol. The van der Waals surface area contributed by atoms with E-state index in [-0.39, 0.29) is 11.9 Å². The molecule has 0 radical (unpaired) electrons. The van der Waals surface area contributed by atoms with Crippen LogP contribution in [-0.2, 0) is 11.3 Å². The van der Waals surface area contributed by atoms with Gasteiger partial charge < -0.3 is 9.42 Å². The Morgan fingerprint density at radius 1 is 1.27 bits per heavy atom. The van der Waals surface area contributed by atoms with Crippen molar-refractivity contribution in [2.24, 2.45) is 0 Å². The van der Waals surface area contributed by atoms with E-state index in [9.17, 15) is 4.79 Å². The number of nitriles is 1. The zero-order valence-electron chi connectivity index (χ0n) is 13.9. The van der Waals surface area contributed by atoms with Gasteiger partial charge in [0.2, 0.25) is 17.6 Å². The summed E-state index contributed by atoms with van der Waals surface area (Å²) in [6.45, 7) is 0.409. The van der Waals surface area contributed by atoms with E-state index in [4.69, 9.17) is 9.78 Å². The molecule has 3 aromatic rings. The minimum Gasteiger partial charge on any atom is -0.337 e. The molecule has 0 unspecified atom stereocenters. The molecule has 2 aromatic heterocycles. The number of hydrogen-bond donors (Lipinski definition) is 0. The lowest BCUT2D eigenvalue weighted by Crippen LogP contribution is -2.27. The van der Waals surface area contributed by atoms with E-state index in [1.807, 2.05) is 12.1 Å². The Balaban J connectivity index is 1.59. The van der Waals surface area contributed by atoms with Crippen molar-refractivity contribution in [2.75, 3.05) is 0 Å². The van der Waals surface area contributed by atoms with Crippen molar-refractivity contribution in [3.8, 4) is 17.5 Å². The van der Waals surface area contributed by atoms with Crippen molar-refractivity contribution >= 4 is 5.91 Å². The maximum Gasteiger partial charge on any atom is 0.249 e. The van der Waals surface area contributed by atoms with Gasteiger partial charge in [0.15, 0.2) is 0 Å². The van der Waals surface area contributed by atoms with Crippen LogP contribution in [0.2, 0.25) is 0 Å². The van der Waals surface area contributed by atoms with Crippen molar-refractivity contribution in [1.82, 2.24) is 20.0 Å². The second-order valence-electron chi connectivity index (χ2n) is 6.08. The van der Waals surface area contributed by atoms with E-state index in [0.29, 0.717) is 36.7 Å². The van der Waals surface area contributed by atoms with E-state index in [0.717, 1.165) is 11.1 Å². The molecule has 0 spiro atoms. The highest BCUT2D eigenvalue weighted by Crippen LogP contribution is 2.34. The van der Waals surface area contributed by atoms with Crippen LogP contribution in [0.15, 0.2) is 53.3 Å². The minimum absolute atomic E-state index is 0.0426. The Labute approximate surface area is 149 Å². The highest BCUT2D eigenvalue weighted by atomic mass is 16.5. The second-order valence-corrected chi connectivity index (χ2v) is 6.08. The van der Waals surface area contributed by atoms with Crippen LogP contribution in [0.25, 0.3) is 11.4 Å². The van der Waals surface area contributed by atoms with Gasteiger partial charge in [0.05, 0.1) is 11.6 Å². The summed E-state index contributed by atoms with van der Waals surface area (Å²) in [6.07, 6.45) is 4.40. The van der Waals surface area contributed by atoms with E-state index in [2.05, 4.69) is 21.2 Å². The summed E-state index contributed by atoms with van der Waals surface area (Å²) < 4.78 is 5.44. The molecule has 1 amide bonds. The number of amides is 1. The molecule has 128 valence electrons. The number of likely N-dealkylation sites (tertiary alicyclic amines) is 1. The lowest BCUT2D eigenvalue weighted by atomic mass is 10.1. The first-order chi connectivity index (χ1) is 12.7. The molecule has 0 saturated carbocycles. The molecule has 3 heterocycles. The van der Waals surface area contributed by atoms with Crippen molar-refractivity contribution in [1.29, 1.82) is 5.26 Å². The predicted octanol–water partition coefficient (Wildman–Crippen LogP) is 2.87. The molecule has 1 saturated heterocycles. The molecule has 0 bridgehead atoms. The Bertz CT molecular complexity index is 977. The van der Waals surface area contributed by atoms with Crippen LogP contribution in [0.4, 0.5) is 0 Å². The fourth-order valence-electron chi connectivity index (χ4n) is 3.11. The van der Waals surface area contributed by atoms with Crippen LogP contribution in [0.5, 0.6) is 0 Å². The van der Waals surface area contributed by atoms with Gasteiger partial charge in [-0.2, -0.15) is 10.2 Å². The standard InChI is InChI=1S/C19H15N5O2/c20-11-13-2-1-3-14(10-13)12-24-16(4-5-17(24)25)19-22-18(23-26-19)15-6-8-21-9-7-15/h1-3,6-10,16H,4-5,12H2/t16-/m1/s1. The smallest absolute Gasteiger partial charge is 0.249 e. The number of nitrogens with zero attached hydrogens (tertiary/aromatic N) is 5. The third-order valence-corrected chi connectivity index (χ3v) is 4.40. The van der Waals surface area contributed by atoms with Crippen molar-refractivity contribution < 1.29 is 9.32 Å². The van der Waals surface area contributed by atoms with Crippen LogP contribution in [0.3, 0.4) is 0 Å². The molecule has 7 heteroatoms. The number of carbonyl (C=O) groups excluding carboxylic acids is 1. The summed E-state index contributed by atoms with van der Waals surface area (Å²) in [4.78, 5) is 22.5. The van der Waals surface area contributed by atoms with Gasteiger partial charge >= 0.3 is 0 Å². The third kappa shape index (κ3) is 3.05. The van der Waals surface area contributed by atoms with E-state index >= 15 is 0 Å². The van der Waals surface area contributed by atoms with Gasteiger partial charge in [0, 0.05) is 30.9 Å². The van der Waals surface area contributed by atoms with Crippen LogP contribution in [0.1, 0.15) is 35.9 Å². The van der Waals surface area contributed by atoms with Crippen molar-refractivity contribution in [3.05, 3.63) is 65.8 Å².